The number of benzene rings is 1. The minimum absolute atomic E-state index is 0.163. The van der Waals surface area contributed by atoms with Crippen LogP contribution in [0.1, 0.15) is 28.5 Å². The fourth-order valence-corrected chi connectivity index (χ4v) is 1.97. The van der Waals surface area contributed by atoms with Gasteiger partial charge in [0.05, 0.1) is 17.2 Å². The maximum atomic E-state index is 12.1. The number of nitriles is 2. The van der Waals surface area contributed by atoms with Crippen LogP contribution in [0.25, 0.3) is 0 Å². The van der Waals surface area contributed by atoms with E-state index in [0.717, 1.165) is 0 Å². The van der Waals surface area contributed by atoms with Crippen LogP contribution < -0.4 is 4.74 Å². The van der Waals surface area contributed by atoms with Gasteiger partial charge in [-0.1, -0.05) is 6.07 Å². The molecule has 6 heteroatoms. The highest BCUT2D eigenvalue weighted by Crippen LogP contribution is 2.14. The van der Waals surface area contributed by atoms with Crippen LogP contribution in [0, 0.1) is 22.7 Å². The Morgan fingerprint density at radius 1 is 1.26 bits per heavy atom. The molecule has 0 fully saturated rings. The summed E-state index contributed by atoms with van der Waals surface area (Å²) in [7, 11) is 1.67. The number of carbonyl (C=O) groups is 1. The lowest BCUT2D eigenvalue weighted by molar-refractivity contribution is 0.0218. The lowest BCUT2D eigenvalue weighted by Gasteiger charge is -2.14. The quantitative estimate of drug-likeness (QED) is 0.791. The van der Waals surface area contributed by atoms with Gasteiger partial charge in [0.1, 0.15) is 30.2 Å². The summed E-state index contributed by atoms with van der Waals surface area (Å²) in [4.78, 5) is 12.1. The number of rotatable bonds is 5. The first-order valence-corrected chi connectivity index (χ1v) is 6.94. The van der Waals surface area contributed by atoms with Gasteiger partial charge in [-0.2, -0.15) is 10.5 Å². The Morgan fingerprint density at radius 3 is 2.65 bits per heavy atom. The fourth-order valence-electron chi connectivity index (χ4n) is 1.97. The van der Waals surface area contributed by atoms with E-state index in [1.54, 1.807) is 49.0 Å². The molecule has 0 unspecified atom stereocenters. The topological polar surface area (TPSA) is 88.0 Å². The van der Waals surface area contributed by atoms with Crippen LogP contribution in [0.5, 0.6) is 5.75 Å². The van der Waals surface area contributed by atoms with Crippen molar-refractivity contribution in [3.05, 3.63) is 53.3 Å². The molecule has 0 aliphatic carbocycles. The van der Waals surface area contributed by atoms with E-state index in [4.69, 9.17) is 20.0 Å². The summed E-state index contributed by atoms with van der Waals surface area (Å²) in [6.07, 6.45) is 1.08. The number of ether oxygens (including phenoxy) is 2. The van der Waals surface area contributed by atoms with Crippen molar-refractivity contribution in [3.63, 3.8) is 0 Å². The van der Waals surface area contributed by atoms with Gasteiger partial charge in [0.15, 0.2) is 0 Å². The summed E-state index contributed by atoms with van der Waals surface area (Å²) in [6, 6.07) is 12.2. The smallest absolute Gasteiger partial charge is 0.355 e. The predicted octanol–water partition coefficient (Wildman–Crippen LogP) is 2.39. The van der Waals surface area contributed by atoms with Crippen LogP contribution in [0.2, 0.25) is 0 Å². The third kappa shape index (κ3) is 4.12. The van der Waals surface area contributed by atoms with Crippen LogP contribution >= 0.6 is 0 Å². The summed E-state index contributed by atoms with van der Waals surface area (Å²) in [5, 5.41) is 17.7. The third-order valence-corrected chi connectivity index (χ3v) is 3.10. The number of nitrogens with zero attached hydrogens (tertiary/aromatic N) is 3. The van der Waals surface area contributed by atoms with Gasteiger partial charge < -0.3 is 14.0 Å². The molecular formula is C17H15N3O3. The van der Waals surface area contributed by atoms with Crippen molar-refractivity contribution in [2.24, 2.45) is 7.05 Å². The Labute approximate surface area is 134 Å². The van der Waals surface area contributed by atoms with E-state index in [9.17, 15) is 4.79 Å². The van der Waals surface area contributed by atoms with Gasteiger partial charge in [0.2, 0.25) is 0 Å². The molecule has 0 aliphatic rings. The first kappa shape index (κ1) is 16.1. The molecule has 1 atom stereocenters. The largest absolute Gasteiger partial charge is 0.490 e. The molecule has 0 saturated heterocycles. The Bertz CT molecular complexity index is 796. The molecule has 0 bridgehead atoms. The SMILES string of the molecule is C[C@@H](COc1cccc(C#N)c1)OC(=O)c1cc(C#N)cn1C. The standard InChI is InChI=1S/C17H15N3O3/c1-12(11-22-15-5-3-4-13(6-15)8-18)23-17(21)16-7-14(9-19)10-20(16)2/h3-7,10,12H,11H2,1-2H3/t12-/m0/s1. The molecule has 116 valence electrons. The predicted molar refractivity (Wildman–Crippen MR) is 81.7 cm³/mol. The van der Waals surface area contributed by atoms with E-state index in [2.05, 4.69) is 0 Å². The summed E-state index contributed by atoms with van der Waals surface area (Å²) in [5.74, 6) is 0.0217. The minimum atomic E-state index is -0.518. The highest BCUT2D eigenvalue weighted by Gasteiger charge is 2.16. The van der Waals surface area contributed by atoms with Gasteiger partial charge in [0, 0.05) is 13.2 Å². The van der Waals surface area contributed by atoms with Crippen molar-refractivity contribution in [3.8, 4) is 17.9 Å². The van der Waals surface area contributed by atoms with Gasteiger partial charge in [-0.15, -0.1) is 0 Å². The molecule has 0 aliphatic heterocycles. The zero-order valence-corrected chi connectivity index (χ0v) is 12.8. The highest BCUT2D eigenvalue weighted by atomic mass is 16.6. The second-order valence-corrected chi connectivity index (χ2v) is 5.00. The van der Waals surface area contributed by atoms with Crippen molar-refractivity contribution in [1.82, 2.24) is 4.57 Å². The second kappa shape index (κ2) is 7.15. The molecule has 2 aromatic rings. The summed E-state index contributed by atoms with van der Waals surface area (Å²) in [6.45, 7) is 1.87. The Kier molecular flexibility index (Phi) is 5.01. The van der Waals surface area contributed by atoms with Gasteiger partial charge in [-0.3, -0.25) is 0 Å². The van der Waals surface area contributed by atoms with E-state index in [1.165, 1.54) is 6.07 Å². The van der Waals surface area contributed by atoms with Crippen LogP contribution in [-0.4, -0.2) is 23.2 Å². The molecule has 0 N–H and O–H groups in total. The number of hydrogen-bond acceptors (Lipinski definition) is 5. The number of carbonyl (C=O) groups excluding carboxylic acids is 1. The molecule has 6 nitrogen and oxygen atoms in total. The average Bonchev–Trinajstić information content (AvgIpc) is 2.94. The van der Waals surface area contributed by atoms with Crippen molar-refractivity contribution in [2.75, 3.05) is 6.61 Å². The van der Waals surface area contributed by atoms with Gasteiger partial charge in [-0.25, -0.2) is 4.79 Å². The lowest BCUT2D eigenvalue weighted by atomic mass is 10.2. The monoisotopic (exact) mass is 309 g/mol. The van der Waals surface area contributed by atoms with Gasteiger partial charge >= 0.3 is 5.97 Å². The van der Waals surface area contributed by atoms with Crippen molar-refractivity contribution >= 4 is 5.97 Å². The number of aryl methyl sites for hydroxylation is 1. The van der Waals surface area contributed by atoms with E-state index < -0.39 is 12.1 Å². The van der Waals surface area contributed by atoms with E-state index in [-0.39, 0.29) is 6.61 Å². The minimum Gasteiger partial charge on any atom is -0.490 e. The maximum Gasteiger partial charge on any atom is 0.355 e. The number of hydrogen-bond donors (Lipinski definition) is 0. The zero-order valence-electron chi connectivity index (χ0n) is 12.8. The maximum absolute atomic E-state index is 12.1. The third-order valence-electron chi connectivity index (χ3n) is 3.10. The van der Waals surface area contributed by atoms with Gasteiger partial charge in [-0.05, 0) is 31.2 Å². The van der Waals surface area contributed by atoms with Crippen LogP contribution in [-0.2, 0) is 11.8 Å². The van der Waals surface area contributed by atoms with E-state index in [0.29, 0.717) is 22.6 Å². The molecule has 2 rings (SSSR count). The molecule has 1 aromatic carbocycles. The summed E-state index contributed by atoms with van der Waals surface area (Å²) < 4.78 is 12.4. The van der Waals surface area contributed by atoms with Crippen molar-refractivity contribution in [1.29, 1.82) is 10.5 Å². The first-order chi connectivity index (χ1) is 11.0. The molecule has 1 aromatic heterocycles. The number of esters is 1. The fraction of sp³-hybridized carbons (Fsp3) is 0.235. The molecule has 0 radical (unpaired) electrons. The second-order valence-electron chi connectivity index (χ2n) is 5.00. The van der Waals surface area contributed by atoms with Gasteiger partial charge in [0.25, 0.3) is 0 Å². The van der Waals surface area contributed by atoms with E-state index >= 15 is 0 Å². The molecule has 0 spiro atoms. The zero-order chi connectivity index (χ0) is 16.8. The Hall–Kier alpha value is -3.25. The van der Waals surface area contributed by atoms with Crippen LogP contribution in [0.3, 0.4) is 0 Å². The van der Waals surface area contributed by atoms with Crippen LogP contribution in [0.4, 0.5) is 0 Å². The van der Waals surface area contributed by atoms with Crippen molar-refractivity contribution < 1.29 is 14.3 Å². The first-order valence-electron chi connectivity index (χ1n) is 6.94. The molecular weight excluding hydrogens is 294 g/mol. The molecule has 23 heavy (non-hydrogen) atoms. The van der Waals surface area contributed by atoms with Crippen molar-refractivity contribution in [2.45, 2.75) is 13.0 Å². The summed E-state index contributed by atoms with van der Waals surface area (Å²) in [5.41, 5.74) is 1.21. The summed E-state index contributed by atoms with van der Waals surface area (Å²) >= 11 is 0. The highest BCUT2D eigenvalue weighted by molar-refractivity contribution is 5.88. The molecule has 0 amide bonds. The molecule has 0 saturated carbocycles. The number of aromatic nitrogens is 1. The van der Waals surface area contributed by atoms with Crippen LogP contribution in [0.15, 0.2) is 36.5 Å². The average molecular weight is 309 g/mol. The normalized spacial score (nSPS) is 11.1. The van der Waals surface area contributed by atoms with E-state index in [1.807, 2.05) is 12.1 Å². The lowest BCUT2D eigenvalue weighted by Crippen LogP contribution is -2.23. The molecule has 1 heterocycles. The Morgan fingerprint density at radius 2 is 2.00 bits per heavy atom. The Balaban J connectivity index is 1.92.